The molecule has 1 unspecified atom stereocenters. The van der Waals surface area contributed by atoms with Crippen molar-refractivity contribution < 1.29 is 28.7 Å². The van der Waals surface area contributed by atoms with Crippen LogP contribution >= 0.6 is 0 Å². The van der Waals surface area contributed by atoms with E-state index in [1.54, 1.807) is 4.90 Å². The summed E-state index contributed by atoms with van der Waals surface area (Å²) in [6, 6.07) is -0.122. The summed E-state index contributed by atoms with van der Waals surface area (Å²) >= 11 is 0. The van der Waals surface area contributed by atoms with Crippen LogP contribution in [0.4, 0.5) is 9.59 Å². The van der Waals surface area contributed by atoms with Gasteiger partial charge in [-0.05, 0) is 53.2 Å². The number of amides is 3. The van der Waals surface area contributed by atoms with Gasteiger partial charge in [0.2, 0.25) is 5.91 Å². The monoisotopic (exact) mass is 523 g/mol. The minimum absolute atomic E-state index is 0.0788. The van der Waals surface area contributed by atoms with Gasteiger partial charge >= 0.3 is 12.2 Å². The van der Waals surface area contributed by atoms with Gasteiger partial charge in [0.1, 0.15) is 18.8 Å². The highest BCUT2D eigenvalue weighted by molar-refractivity contribution is 5.90. The van der Waals surface area contributed by atoms with Crippen molar-refractivity contribution in [1.29, 1.82) is 0 Å². The summed E-state index contributed by atoms with van der Waals surface area (Å²) in [5.74, 6) is 0.192. The lowest BCUT2D eigenvalue weighted by Gasteiger charge is -2.22. The molecule has 0 saturated carbocycles. The first-order chi connectivity index (χ1) is 17.7. The van der Waals surface area contributed by atoms with Crippen molar-refractivity contribution in [1.82, 2.24) is 15.5 Å². The third-order valence-corrected chi connectivity index (χ3v) is 5.50. The van der Waals surface area contributed by atoms with Crippen LogP contribution in [0.15, 0.2) is 22.8 Å². The second-order valence-electron chi connectivity index (χ2n) is 9.89. The maximum absolute atomic E-state index is 12.1. The van der Waals surface area contributed by atoms with E-state index < -0.39 is 5.60 Å². The van der Waals surface area contributed by atoms with E-state index in [4.69, 9.17) is 14.3 Å². The van der Waals surface area contributed by atoms with E-state index >= 15 is 0 Å². The number of alkyl carbamates (subject to hydrolysis) is 1. The molecule has 0 spiro atoms. The molecule has 11 heteroatoms. The number of likely N-dealkylation sites (tertiary alicyclic amines) is 1. The Kier molecular flexibility index (Phi) is 15.7. The van der Waals surface area contributed by atoms with Crippen molar-refractivity contribution in [3.8, 4) is 0 Å². The lowest BCUT2D eigenvalue weighted by Crippen LogP contribution is -2.38. The van der Waals surface area contributed by atoms with Crippen molar-refractivity contribution in [2.45, 2.75) is 90.2 Å². The first kappa shape index (κ1) is 31.9. The zero-order valence-electron chi connectivity index (χ0n) is 22.8. The fourth-order valence-corrected chi connectivity index (χ4v) is 3.67. The predicted molar refractivity (Wildman–Crippen MR) is 144 cm³/mol. The molecule has 1 rings (SSSR count). The van der Waals surface area contributed by atoms with E-state index in [0.29, 0.717) is 19.5 Å². The molecule has 1 aliphatic rings. The van der Waals surface area contributed by atoms with Crippen molar-refractivity contribution in [2.24, 2.45) is 10.1 Å². The van der Waals surface area contributed by atoms with Gasteiger partial charge in [0.25, 0.3) is 0 Å². The van der Waals surface area contributed by atoms with Gasteiger partial charge in [-0.3, -0.25) is 4.79 Å². The van der Waals surface area contributed by atoms with E-state index in [2.05, 4.69) is 34.1 Å². The number of nitrogens with zero attached hydrogens (tertiary/aromatic N) is 3. The highest BCUT2D eigenvalue weighted by atomic mass is 16.6. The van der Waals surface area contributed by atoms with Crippen LogP contribution in [0.5, 0.6) is 0 Å². The average Bonchev–Trinajstić information content (AvgIpc) is 3.31. The molecule has 1 heterocycles. The number of ether oxygens (including phenoxy) is 2. The van der Waals surface area contributed by atoms with Gasteiger partial charge in [-0.25, -0.2) is 14.6 Å². The molecule has 0 bridgehead atoms. The largest absolute Gasteiger partial charge is 0.445 e. The zero-order valence-corrected chi connectivity index (χ0v) is 22.8. The van der Waals surface area contributed by atoms with Crippen LogP contribution < -0.4 is 10.6 Å². The molecule has 210 valence electrons. The van der Waals surface area contributed by atoms with Crippen LogP contribution in [-0.4, -0.2) is 80.0 Å². The highest BCUT2D eigenvalue weighted by Gasteiger charge is 2.30. The summed E-state index contributed by atoms with van der Waals surface area (Å²) < 4.78 is 10.3. The highest BCUT2D eigenvalue weighted by Crippen LogP contribution is 2.18. The van der Waals surface area contributed by atoms with E-state index in [-0.39, 0.29) is 49.7 Å². The standard InChI is InChI=1S/C26H45N5O6/c1-6-18-35-25(34)31-17-13-14-21(31)20-36-30-22(27-5)19-29-23(32)15-11-9-7-8-10-12-16-28-24(33)37-26(2,3)4/h6,21H,1,5,7-20H2,2-4H3,(H,28,33)(H,29,32)/b30-22-. The lowest BCUT2D eigenvalue weighted by molar-refractivity contribution is -0.120. The second kappa shape index (κ2) is 18.2. The number of hydrogen-bond donors (Lipinski definition) is 2. The smallest absolute Gasteiger partial charge is 0.410 e. The third kappa shape index (κ3) is 15.6. The summed E-state index contributed by atoms with van der Waals surface area (Å²) in [7, 11) is 0. The predicted octanol–water partition coefficient (Wildman–Crippen LogP) is 4.18. The first-order valence-electron chi connectivity index (χ1n) is 13.1. The Hall–Kier alpha value is -3.11. The van der Waals surface area contributed by atoms with Crippen LogP contribution in [0.1, 0.15) is 78.6 Å². The van der Waals surface area contributed by atoms with Gasteiger partial charge in [0, 0.05) is 19.5 Å². The number of nitrogens with one attached hydrogen (secondary N) is 2. The molecule has 1 aliphatic heterocycles. The molecule has 0 aromatic heterocycles. The molecule has 0 aliphatic carbocycles. The number of carbonyl (C=O) groups is 3. The number of oxime groups is 1. The van der Waals surface area contributed by atoms with E-state index in [1.807, 2.05) is 20.8 Å². The Balaban J connectivity index is 2.11. The summed E-state index contributed by atoms with van der Waals surface area (Å²) in [4.78, 5) is 46.5. The molecule has 3 amide bonds. The number of rotatable bonds is 16. The number of carbonyl (C=O) groups excluding carboxylic acids is 3. The minimum Gasteiger partial charge on any atom is -0.445 e. The van der Waals surface area contributed by atoms with Crippen molar-refractivity contribution in [2.75, 3.05) is 32.8 Å². The topological polar surface area (TPSA) is 131 Å². The molecule has 1 saturated heterocycles. The van der Waals surface area contributed by atoms with Gasteiger partial charge in [-0.1, -0.05) is 43.5 Å². The van der Waals surface area contributed by atoms with Crippen molar-refractivity contribution in [3.05, 3.63) is 12.7 Å². The fourth-order valence-electron chi connectivity index (χ4n) is 3.67. The molecule has 0 radical (unpaired) electrons. The Morgan fingerprint density at radius 1 is 1.08 bits per heavy atom. The van der Waals surface area contributed by atoms with Crippen LogP contribution in [-0.2, 0) is 19.1 Å². The van der Waals surface area contributed by atoms with Gasteiger partial charge in [-0.15, -0.1) is 0 Å². The molecular formula is C26H45N5O6. The average molecular weight is 524 g/mol. The quantitative estimate of drug-likeness (QED) is 0.103. The summed E-state index contributed by atoms with van der Waals surface area (Å²) in [6.45, 7) is 14.2. The van der Waals surface area contributed by atoms with Crippen LogP contribution in [0.2, 0.25) is 0 Å². The van der Waals surface area contributed by atoms with E-state index in [1.165, 1.54) is 6.08 Å². The molecule has 1 atom stereocenters. The number of aliphatic imine (C=N–C) groups is 1. The first-order valence-corrected chi connectivity index (χ1v) is 13.1. The molecule has 37 heavy (non-hydrogen) atoms. The Bertz CT molecular complexity index is 765. The second-order valence-corrected chi connectivity index (χ2v) is 9.89. The van der Waals surface area contributed by atoms with Crippen LogP contribution in [0.25, 0.3) is 0 Å². The molecule has 1 fully saturated rings. The lowest BCUT2D eigenvalue weighted by atomic mass is 10.1. The van der Waals surface area contributed by atoms with Gasteiger partial charge in [0.15, 0.2) is 5.84 Å². The Morgan fingerprint density at radius 2 is 1.78 bits per heavy atom. The number of unbranched alkanes of at least 4 members (excludes halogenated alkanes) is 5. The minimum atomic E-state index is -0.484. The molecule has 2 N–H and O–H groups in total. The molecule has 0 aromatic rings. The van der Waals surface area contributed by atoms with Crippen molar-refractivity contribution >= 4 is 30.6 Å². The summed E-state index contributed by atoms with van der Waals surface area (Å²) in [6.07, 6.45) is 8.61. The maximum atomic E-state index is 12.1. The molecule has 0 aromatic carbocycles. The zero-order chi connectivity index (χ0) is 27.5. The third-order valence-electron chi connectivity index (χ3n) is 5.50. The Labute approximate surface area is 221 Å². The Morgan fingerprint density at radius 3 is 2.46 bits per heavy atom. The summed E-state index contributed by atoms with van der Waals surface area (Å²) in [5.41, 5.74) is -0.484. The van der Waals surface area contributed by atoms with Gasteiger partial charge in [0.05, 0.1) is 12.6 Å². The number of hydrogen-bond acceptors (Lipinski definition) is 7. The fraction of sp³-hybridized carbons (Fsp3) is 0.731. The normalized spacial score (nSPS) is 15.6. The number of amidine groups is 1. The van der Waals surface area contributed by atoms with Gasteiger partial charge < -0.3 is 29.8 Å². The van der Waals surface area contributed by atoms with E-state index in [9.17, 15) is 14.4 Å². The van der Waals surface area contributed by atoms with Crippen molar-refractivity contribution in [3.63, 3.8) is 0 Å². The van der Waals surface area contributed by atoms with Gasteiger partial charge in [-0.2, -0.15) is 0 Å². The maximum Gasteiger partial charge on any atom is 0.410 e. The van der Waals surface area contributed by atoms with Crippen LogP contribution in [0, 0.1) is 0 Å². The summed E-state index contributed by atoms with van der Waals surface area (Å²) in [5, 5.41) is 9.48. The molecular weight excluding hydrogens is 478 g/mol. The SMILES string of the molecule is C=CCOC(=O)N1CCCC1CO/N=C(/CNC(=O)CCCCCCCCNC(=O)OC(C)(C)C)N=C. The van der Waals surface area contributed by atoms with E-state index in [0.717, 1.165) is 51.4 Å². The van der Waals surface area contributed by atoms with Crippen LogP contribution in [0.3, 0.4) is 0 Å². The molecule has 11 nitrogen and oxygen atoms in total.